The molecule has 118 valence electrons. The predicted octanol–water partition coefficient (Wildman–Crippen LogP) is 0.648. The lowest BCUT2D eigenvalue weighted by atomic mass is 9.75. The molecule has 1 aliphatic carbocycles. The summed E-state index contributed by atoms with van der Waals surface area (Å²) < 4.78 is 5.31. The van der Waals surface area contributed by atoms with Crippen LogP contribution < -0.4 is 11.3 Å². The topological polar surface area (TPSA) is 66.1 Å². The molecule has 0 unspecified atom stereocenters. The molecule has 0 aromatic rings. The molecule has 1 fully saturated rings. The zero-order chi connectivity index (χ0) is 15.0. The maximum absolute atomic E-state index is 5.60. The normalized spacial score (nSPS) is 18.0. The monoisotopic (exact) mass is 285 g/mol. The Morgan fingerprint density at radius 1 is 1.35 bits per heavy atom. The third-order valence-corrected chi connectivity index (χ3v) is 4.17. The first-order valence-electron chi connectivity index (χ1n) is 7.53. The van der Waals surface area contributed by atoms with Crippen molar-refractivity contribution in [2.45, 2.75) is 38.1 Å². The summed E-state index contributed by atoms with van der Waals surface area (Å²) in [5, 5.41) is 0. The van der Waals surface area contributed by atoms with Gasteiger partial charge in [0.2, 0.25) is 5.96 Å². The maximum atomic E-state index is 5.60. The molecule has 0 spiro atoms. The summed E-state index contributed by atoms with van der Waals surface area (Å²) in [5.41, 5.74) is 2.99. The Bertz CT molecular complexity index is 302. The van der Waals surface area contributed by atoms with Gasteiger partial charge < -0.3 is 14.5 Å². The van der Waals surface area contributed by atoms with E-state index in [9.17, 15) is 0 Å². The summed E-state index contributed by atoms with van der Waals surface area (Å²) in [5.74, 6) is 6.36. The van der Waals surface area contributed by atoms with Gasteiger partial charge in [-0.2, -0.15) is 0 Å². The van der Waals surface area contributed by atoms with Crippen LogP contribution in [0.25, 0.3) is 0 Å². The zero-order valence-corrected chi connectivity index (χ0v) is 13.5. The van der Waals surface area contributed by atoms with E-state index in [2.05, 4.69) is 34.3 Å². The number of rotatable bonds is 8. The van der Waals surface area contributed by atoms with Gasteiger partial charge in [0.05, 0.1) is 0 Å². The molecular formula is C14H31N5O. The molecule has 0 aromatic carbocycles. The number of hydrazine groups is 1. The fourth-order valence-electron chi connectivity index (χ4n) is 2.62. The fourth-order valence-corrected chi connectivity index (χ4v) is 2.62. The molecule has 1 saturated carbocycles. The molecule has 0 heterocycles. The first-order chi connectivity index (χ1) is 9.55. The van der Waals surface area contributed by atoms with Gasteiger partial charge >= 0.3 is 0 Å². The number of hydrogen-bond acceptors (Lipinski definition) is 4. The number of likely N-dealkylation sites (N-methyl/N-ethyl adjacent to an activating group) is 2. The molecule has 0 atom stereocenters. The average molecular weight is 285 g/mol. The van der Waals surface area contributed by atoms with Gasteiger partial charge in [-0.3, -0.25) is 10.4 Å². The van der Waals surface area contributed by atoms with Gasteiger partial charge in [0, 0.05) is 38.9 Å². The zero-order valence-electron chi connectivity index (χ0n) is 13.5. The van der Waals surface area contributed by atoms with Crippen LogP contribution >= 0.6 is 0 Å². The Labute approximate surface area is 123 Å². The fraction of sp³-hybridized carbons (Fsp3) is 0.929. The number of nitrogens with zero attached hydrogens (tertiary/aromatic N) is 3. The first kappa shape index (κ1) is 17.2. The van der Waals surface area contributed by atoms with E-state index in [-0.39, 0.29) is 5.54 Å². The minimum Gasteiger partial charge on any atom is -0.382 e. The van der Waals surface area contributed by atoms with Crippen LogP contribution in [0.3, 0.4) is 0 Å². The van der Waals surface area contributed by atoms with E-state index < -0.39 is 0 Å². The molecule has 0 aliphatic heterocycles. The van der Waals surface area contributed by atoms with E-state index >= 15 is 0 Å². The van der Waals surface area contributed by atoms with E-state index in [1.807, 2.05) is 14.0 Å². The third kappa shape index (κ3) is 4.61. The van der Waals surface area contributed by atoms with E-state index in [0.717, 1.165) is 38.7 Å². The van der Waals surface area contributed by atoms with Crippen LogP contribution in [0.2, 0.25) is 0 Å². The molecule has 3 N–H and O–H groups in total. The summed E-state index contributed by atoms with van der Waals surface area (Å²) in [6, 6.07) is 0. The second-order valence-electron chi connectivity index (χ2n) is 5.73. The van der Waals surface area contributed by atoms with Crippen molar-refractivity contribution in [3.8, 4) is 0 Å². The smallest absolute Gasteiger partial charge is 0.208 e. The highest BCUT2D eigenvalue weighted by Crippen LogP contribution is 2.36. The summed E-state index contributed by atoms with van der Waals surface area (Å²) >= 11 is 0. The van der Waals surface area contributed by atoms with Crippen LogP contribution in [-0.4, -0.2) is 68.7 Å². The molecule has 0 amide bonds. The third-order valence-electron chi connectivity index (χ3n) is 4.17. The molecule has 0 aromatic heterocycles. The van der Waals surface area contributed by atoms with Gasteiger partial charge in [-0.25, -0.2) is 5.84 Å². The van der Waals surface area contributed by atoms with Crippen molar-refractivity contribution < 1.29 is 4.74 Å². The van der Waals surface area contributed by atoms with E-state index in [1.54, 1.807) is 0 Å². The second kappa shape index (κ2) is 8.44. The van der Waals surface area contributed by atoms with Crippen LogP contribution in [-0.2, 0) is 4.74 Å². The van der Waals surface area contributed by atoms with Crippen LogP contribution in [0.15, 0.2) is 4.99 Å². The molecule has 6 nitrogen and oxygen atoms in total. The van der Waals surface area contributed by atoms with Crippen molar-refractivity contribution in [1.29, 1.82) is 0 Å². The quantitative estimate of drug-likeness (QED) is 0.225. The number of nitrogens with two attached hydrogens (primary N) is 1. The standard InChI is InChI=1S/C14H31N5O/c1-5-20-11-7-10-16-13(17-15)19(4)12-14(18(2)3)8-6-9-14/h5-12,15H2,1-4H3,(H,16,17). The van der Waals surface area contributed by atoms with Crippen molar-refractivity contribution in [2.24, 2.45) is 10.8 Å². The van der Waals surface area contributed by atoms with Crippen molar-refractivity contribution in [1.82, 2.24) is 15.2 Å². The van der Waals surface area contributed by atoms with Crippen molar-refractivity contribution in [3.05, 3.63) is 0 Å². The molecular weight excluding hydrogens is 254 g/mol. The van der Waals surface area contributed by atoms with Gasteiger partial charge in [-0.05, 0) is 46.7 Å². The van der Waals surface area contributed by atoms with Gasteiger partial charge in [0.15, 0.2) is 0 Å². The highest BCUT2D eigenvalue weighted by molar-refractivity contribution is 5.79. The lowest BCUT2D eigenvalue weighted by Crippen LogP contribution is -2.59. The highest BCUT2D eigenvalue weighted by Gasteiger charge is 2.40. The molecule has 6 heteroatoms. The molecule has 1 rings (SSSR count). The van der Waals surface area contributed by atoms with E-state index in [1.165, 1.54) is 19.3 Å². The highest BCUT2D eigenvalue weighted by atomic mass is 16.5. The Morgan fingerprint density at radius 2 is 2.05 bits per heavy atom. The minimum atomic E-state index is 0.275. The Balaban J connectivity index is 2.45. The lowest BCUT2D eigenvalue weighted by molar-refractivity contribution is 0.0423. The van der Waals surface area contributed by atoms with Crippen molar-refractivity contribution >= 4 is 5.96 Å². The molecule has 0 radical (unpaired) electrons. The maximum Gasteiger partial charge on any atom is 0.208 e. The molecule has 20 heavy (non-hydrogen) atoms. The van der Waals surface area contributed by atoms with Crippen LogP contribution in [0.1, 0.15) is 32.6 Å². The van der Waals surface area contributed by atoms with Crippen molar-refractivity contribution in [2.75, 3.05) is 47.4 Å². The molecule has 0 bridgehead atoms. The first-order valence-corrected chi connectivity index (χ1v) is 7.53. The lowest BCUT2D eigenvalue weighted by Gasteiger charge is -2.49. The average Bonchev–Trinajstić information content (AvgIpc) is 2.37. The number of nitrogens with one attached hydrogen (secondary N) is 1. The predicted molar refractivity (Wildman–Crippen MR) is 83.6 cm³/mol. The van der Waals surface area contributed by atoms with Crippen LogP contribution in [0, 0.1) is 0 Å². The molecule has 0 saturated heterocycles. The van der Waals surface area contributed by atoms with Gasteiger partial charge in [-0.15, -0.1) is 0 Å². The van der Waals surface area contributed by atoms with Gasteiger partial charge in [-0.1, -0.05) is 0 Å². The molecule has 1 aliphatic rings. The largest absolute Gasteiger partial charge is 0.382 e. The van der Waals surface area contributed by atoms with Gasteiger partial charge in [0.1, 0.15) is 0 Å². The van der Waals surface area contributed by atoms with E-state index in [4.69, 9.17) is 10.6 Å². The summed E-state index contributed by atoms with van der Waals surface area (Å²) in [7, 11) is 6.36. The number of ether oxygens (including phenoxy) is 1. The van der Waals surface area contributed by atoms with E-state index in [0.29, 0.717) is 0 Å². The Morgan fingerprint density at radius 3 is 2.50 bits per heavy atom. The van der Waals surface area contributed by atoms with Gasteiger partial charge in [0.25, 0.3) is 0 Å². The van der Waals surface area contributed by atoms with Crippen molar-refractivity contribution in [3.63, 3.8) is 0 Å². The summed E-state index contributed by atoms with van der Waals surface area (Å²) in [6.07, 6.45) is 4.72. The Kier molecular flexibility index (Phi) is 7.26. The minimum absolute atomic E-state index is 0.275. The number of aliphatic imine (C=N–C) groups is 1. The summed E-state index contributed by atoms with van der Waals surface area (Å²) in [6.45, 7) is 5.21. The number of hydrogen-bond donors (Lipinski definition) is 2. The summed E-state index contributed by atoms with van der Waals surface area (Å²) in [4.78, 5) is 8.98. The van der Waals surface area contributed by atoms with Crippen LogP contribution in [0.5, 0.6) is 0 Å². The number of guanidine groups is 1. The van der Waals surface area contributed by atoms with Crippen LogP contribution in [0.4, 0.5) is 0 Å². The Hall–Kier alpha value is -0.850. The second-order valence-corrected chi connectivity index (χ2v) is 5.73. The SMILES string of the molecule is CCOCCCN=C(NN)N(C)CC1(N(C)C)CCC1.